The average molecular weight is 331 g/mol. The summed E-state index contributed by atoms with van der Waals surface area (Å²) in [5, 5.41) is 8.57. The molecule has 3 aromatic carbocycles. The molecule has 0 aromatic heterocycles. The fourth-order valence-electron chi connectivity index (χ4n) is 2.15. The number of nitrogens with one attached hydrogen (secondary N) is 2. The van der Waals surface area contributed by atoms with Crippen molar-refractivity contribution < 1.29 is 4.79 Å². The van der Waals surface area contributed by atoms with E-state index in [4.69, 9.17) is 23.2 Å². The average Bonchev–Trinajstić information content (AvgIpc) is 2.51. The van der Waals surface area contributed by atoms with Crippen molar-refractivity contribution in [3.05, 3.63) is 70.7 Å². The molecular weight excluding hydrogens is 319 g/mol. The van der Waals surface area contributed by atoms with Crippen molar-refractivity contribution in [1.29, 1.82) is 0 Å². The summed E-state index contributed by atoms with van der Waals surface area (Å²) in [6.45, 7) is 0. The van der Waals surface area contributed by atoms with Gasteiger partial charge in [0.1, 0.15) is 0 Å². The third kappa shape index (κ3) is 3.32. The van der Waals surface area contributed by atoms with E-state index in [1.807, 2.05) is 42.5 Å². The molecule has 5 heteroatoms. The minimum absolute atomic E-state index is 0.376. The van der Waals surface area contributed by atoms with Gasteiger partial charge in [0.2, 0.25) is 0 Å². The number of carbonyl (C=O) groups is 1. The van der Waals surface area contributed by atoms with E-state index in [-0.39, 0.29) is 6.03 Å². The highest BCUT2D eigenvalue weighted by Gasteiger charge is 2.07. The maximum absolute atomic E-state index is 12.1. The van der Waals surface area contributed by atoms with Gasteiger partial charge in [-0.25, -0.2) is 4.79 Å². The van der Waals surface area contributed by atoms with Crippen molar-refractivity contribution in [3.8, 4) is 0 Å². The lowest BCUT2D eigenvalue weighted by Crippen LogP contribution is -2.19. The van der Waals surface area contributed by atoms with Crippen molar-refractivity contribution in [2.24, 2.45) is 0 Å². The summed E-state index contributed by atoms with van der Waals surface area (Å²) < 4.78 is 0. The molecule has 0 aliphatic heterocycles. The van der Waals surface area contributed by atoms with Crippen LogP contribution in [-0.2, 0) is 0 Å². The highest BCUT2D eigenvalue weighted by atomic mass is 35.5. The Morgan fingerprint density at radius 2 is 1.59 bits per heavy atom. The summed E-state index contributed by atoms with van der Waals surface area (Å²) in [6, 6.07) is 18.2. The van der Waals surface area contributed by atoms with Crippen LogP contribution in [-0.4, -0.2) is 6.03 Å². The molecule has 0 fully saturated rings. The number of hydrogen-bond donors (Lipinski definition) is 2. The van der Waals surface area contributed by atoms with E-state index in [1.165, 1.54) is 0 Å². The Labute approximate surface area is 137 Å². The van der Waals surface area contributed by atoms with Gasteiger partial charge in [0, 0.05) is 10.7 Å². The van der Waals surface area contributed by atoms with Crippen molar-refractivity contribution in [2.75, 3.05) is 10.6 Å². The van der Waals surface area contributed by atoms with E-state index in [2.05, 4.69) is 10.6 Å². The van der Waals surface area contributed by atoms with Crippen LogP contribution in [0.1, 0.15) is 0 Å². The highest BCUT2D eigenvalue weighted by molar-refractivity contribution is 6.35. The van der Waals surface area contributed by atoms with Gasteiger partial charge in [0.15, 0.2) is 0 Å². The van der Waals surface area contributed by atoms with Crippen LogP contribution < -0.4 is 10.6 Å². The Balaban J connectivity index is 1.76. The van der Waals surface area contributed by atoms with Crippen LogP contribution >= 0.6 is 23.2 Å². The molecule has 3 aromatic rings. The van der Waals surface area contributed by atoms with Gasteiger partial charge < -0.3 is 10.6 Å². The predicted octanol–water partition coefficient (Wildman–Crippen LogP) is 5.79. The van der Waals surface area contributed by atoms with Gasteiger partial charge >= 0.3 is 6.03 Å². The van der Waals surface area contributed by atoms with Crippen LogP contribution in [0.5, 0.6) is 0 Å². The third-order valence-corrected chi connectivity index (χ3v) is 3.75. The van der Waals surface area contributed by atoms with E-state index < -0.39 is 0 Å². The lowest BCUT2D eigenvalue weighted by molar-refractivity contribution is 0.262. The van der Waals surface area contributed by atoms with Crippen molar-refractivity contribution >= 4 is 51.4 Å². The number of amides is 2. The number of halogens is 2. The topological polar surface area (TPSA) is 41.1 Å². The minimum atomic E-state index is -0.376. The van der Waals surface area contributed by atoms with E-state index in [0.29, 0.717) is 21.4 Å². The molecule has 2 amide bonds. The van der Waals surface area contributed by atoms with Crippen LogP contribution in [0.4, 0.5) is 16.2 Å². The molecule has 2 N–H and O–H groups in total. The molecule has 0 saturated heterocycles. The van der Waals surface area contributed by atoms with Crippen molar-refractivity contribution in [3.63, 3.8) is 0 Å². The fraction of sp³-hybridized carbons (Fsp3) is 0. The zero-order valence-corrected chi connectivity index (χ0v) is 12.9. The largest absolute Gasteiger partial charge is 0.323 e. The molecule has 0 radical (unpaired) electrons. The van der Waals surface area contributed by atoms with E-state index in [1.54, 1.807) is 18.2 Å². The van der Waals surface area contributed by atoms with Crippen LogP contribution in [0, 0.1) is 0 Å². The highest BCUT2D eigenvalue weighted by Crippen LogP contribution is 2.26. The first kappa shape index (κ1) is 14.7. The van der Waals surface area contributed by atoms with Gasteiger partial charge in [-0.05, 0) is 41.1 Å². The molecule has 22 heavy (non-hydrogen) atoms. The quantitative estimate of drug-likeness (QED) is 0.613. The van der Waals surface area contributed by atoms with Crippen molar-refractivity contribution in [1.82, 2.24) is 0 Å². The van der Waals surface area contributed by atoms with Gasteiger partial charge in [-0.3, -0.25) is 0 Å². The van der Waals surface area contributed by atoms with E-state index in [9.17, 15) is 4.79 Å². The Hall–Kier alpha value is -2.23. The van der Waals surface area contributed by atoms with Crippen molar-refractivity contribution in [2.45, 2.75) is 0 Å². The Bertz CT molecular complexity index is 849. The number of benzene rings is 3. The summed E-state index contributed by atoms with van der Waals surface area (Å²) in [4.78, 5) is 12.1. The monoisotopic (exact) mass is 330 g/mol. The summed E-state index contributed by atoms with van der Waals surface area (Å²) in [5.74, 6) is 0. The first-order chi connectivity index (χ1) is 10.6. The maximum Gasteiger partial charge on any atom is 0.323 e. The molecule has 110 valence electrons. The zero-order valence-electron chi connectivity index (χ0n) is 11.4. The first-order valence-corrected chi connectivity index (χ1v) is 7.39. The molecular formula is C17H12Cl2N2O. The molecule has 0 aliphatic carbocycles. The van der Waals surface area contributed by atoms with Crippen LogP contribution in [0.25, 0.3) is 10.8 Å². The van der Waals surface area contributed by atoms with Crippen LogP contribution in [0.2, 0.25) is 10.0 Å². The van der Waals surface area contributed by atoms with E-state index >= 15 is 0 Å². The van der Waals surface area contributed by atoms with Gasteiger partial charge in [-0.15, -0.1) is 0 Å². The van der Waals surface area contributed by atoms with Gasteiger partial charge in [-0.1, -0.05) is 53.5 Å². The molecule has 3 nitrogen and oxygen atoms in total. The molecule has 3 rings (SSSR count). The standard InChI is InChI=1S/C17H12Cl2N2O/c18-13-6-8-15(19)16(10-13)21-17(22)20-14-7-5-11-3-1-2-4-12(11)9-14/h1-10H,(H2,20,21,22). The number of rotatable bonds is 2. The molecule has 0 bridgehead atoms. The fourth-order valence-corrected chi connectivity index (χ4v) is 2.48. The summed E-state index contributed by atoms with van der Waals surface area (Å²) in [7, 11) is 0. The molecule has 0 unspecified atom stereocenters. The second-order valence-corrected chi connectivity index (χ2v) is 5.61. The zero-order chi connectivity index (χ0) is 15.5. The molecule has 0 heterocycles. The lowest BCUT2D eigenvalue weighted by Gasteiger charge is -2.10. The molecule has 0 saturated carbocycles. The maximum atomic E-state index is 12.1. The number of urea groups is 1. The van der Waals surface area contributed by atoms with Crippen LogP contribution in [0.15, 0.2) is 60.7 Å². The smallest absolute Gasteiger partial charge is 0.308 e. The van der Waals surface area contributed by atoms with Gasteiger partial charge in [0.05, 0.1) is 10.7 Å². The molecule has 0 spiro atoms. The Morgan fingerprint density at radius 1 is 0.818 bits per heavy atom. The Kier molecular flexibility index (Phi) is 4.18. The number of anilines is 2. The lowest BCUT2D eigenvalue weighted by atomic mass is 10.1. The van der Waals surface area contributed by atoms with Gasteiger partial charge in [0.25, 0.3) is 0 Å². The van der Waals surface area contributed by atoms with Crippen LogP contribution in [0.3, 0.4) is 0 Å². The summed E-state index contributed by atoms with van der Waals surface area (Å²) in [5.41, 5.74) is 1.17. The summed E-state index contributed by atoms with van der Waals surface area (Å²) >= 11 is 11.9. The number of fused-ring (bicyclic) bond motifs is 1. The second kappa shape index (κ2) is 6.26. The minimum Gasteiger partial charge on any atom is -0.308 e. The number of carbonyl (C=O) groups excluding carboxylic acids is 1. The second-order valence-electron chi connectivity index (χ2n) is 4.77. The Morgan fingerprint density at radius 3 is 2.41 bits per heavy atom. The predicted molar refractivity (Wildman–Crippen MR) is 93.1 cm³/mol. The molecule has 0 atom stereocenters. The molecule has 0 aliphatic rings. The summed E-state index contributed by atoms with van der Waals surface area (Å²) in [6.07, 6.45) is 0. The first-order valence-electron chi connectivity index (χ1n) is 6.64. The normalized spacial score (nSPS) is 10.5. The van der Waals surface area contributed by atoms with E-state index in [0.717, 1.165) is 10.8 Å². The SMILES string of the molecule is O=C(Nc1ccc2ccccc2c1)Nc1cc(Cl)ccc1Cl. The van der Waals surface area contributed by atoms with Gasteiger partial charge in [-0.2, -0.15) is 0 Å². The third-order valence-electron chi connectivity index (χ3n) is 3.18. The number of hydrogen-bond acceptors (Lipinski definition) is 1.